The molecule has 1 unspecified atom stereocenters. The monoisotopic (exact) mass is 327 g/mol. The van der Waals surface area contributed by atoms with E-state index in [1.54, 1.807) is 30.4 Å². The third-order valence-electron chi connectivity index (χ3n) is 4.60. The smallest absolute Gasteiger partial charge is 0.311 e. The first-order valence-electron chi connectivity index (χ1n) is 8.05. The highest BCUT2D eigenvalue weighted by Gasteiger charge is 2.39. The lowest BCUT2D eigenvalue weighted by Crippen LogP contribution is -2.48. The molecule has 0 radical (unpaired) electrons. The van der Waals surface area contributed by atoms with Gasteiger partial charge in [-0.3, -0.25) is 9.59 Å². The molecule has 1 aliphatic rings. The Morgan fingerprint density at radius 3 is 2.92 bits per heavy atom. The van der Waals surface area contributed by atoms with E-state index >= 15 is 0 Å². The zero-order chi connectivity index (χ0) is 17.2. The van der Waals surface area contributed by atoms with E-state index in [2.05, 4.69) is 4.98 Å². The molecule has 1 aliphatic heterocycles. The number of benzene rings is 1. The van der Waals surface area contributed by atoms with Crippen molar-refractivity contribution in [3.05, 3.63) is 54.1 Å². The highest BCUT2D eigenvalue weighted by molar-refractivity contribution is 5.95. The average molecular weight is 327 g/mol. The lowest BCUT2D eigenvalue weighted by atomic mass is 9.82. The number of piperidine rings is 1. The van der Waals surface area contributed by atoms with Crippen LogP contribution in [0.4, 0.5) is 0 Å². The zero-order valence-corrected chi connectivity index (χ0v) is 13.7. The molecule has 1 aromatic heterocycles. The van der Waals surface area contributed by atoms with Gasteiger partial charge in [0.15, 0.2) is 0 Å². The van der Waals surface area contributed by atoms with Gasteiger partial charge >= 0.3 is 5.97 Å². The number of likely N-dealkylation sites (tertiary alicyclic amines) is 1. The van der Waals surface area contributed by atoms with E-state index in [9.17, 15) is 14.7 Å². The van der Waals surface area contributed by atoms with Crippen molar-refractivity contribution in [3.8, 4) is 0 Å². The second kappa shape index (κ2) is 6.47. The van der Waals surface area contributed by atoms with E-state index in [-0.39, 0.29) is 12.5 Å². The summed E-state index contributed by atoms with van der Waals surface area (Å²) in [5.74, 6) is -0.941. The van der Waals surface area contributed by atoms with Crippen molar-refractivity contribution in [3.63, 3.8) is 0 Å². The summed E-state index contributed by atoms with van der Waals surface area (Å²) >= 11 is 0. The van der Waals surface area contributed by atoms with Gasteiger partial charge in [-0.05, 0) is 37.5 Å². The van der Waals surface area contributed by atoms with Gasteiger partial charge in [0.1, 0.15) is 0 Å². The molecular weight excluding hydrogens is 306 g/mol. The van der Waals surface area contributed by atoms with E-state index in [0.717, 1.165) is 5.56 Å². The number of hydrogen-bond acceptors (Lipinski definition) is 3. The Labute approximate surface area is 140 Å². The van der Waals surface area contributed by atoms with Crippen molar-refractivity contribution in [1.29, 1.82) is 0 Å². The van der Waals surface area contributed by atoms with Gasteiger partial charge in [0.25, 0.3) is 5.91 Å². The van der Waals surface area contributed by atoms with E-state index in [0.29, 0.717) is 31.5 Å². The van der Waals surface area contributed by atoms with Crippen LogP contribution in [0.3, 0.4) is 0 Å². The van der Waals surface area contributed by atoms with Crippen LogP contribution in [0, 0.1) is 5.41 Å². The summed E-state index contributed by atoms with van der Waals surface area (Å²) in [6.45, 7) is 3.22. The van der Waals surface area contributed by atoms with E-state index in [4.69, 9.17) is 0 Å². The number of nitrogens with zero attached hydrogens (tertiary/aromatic N) is 3. The van der Waals surface area contributed by atoms with Crippen molar-refractivity contribution in [1.82, 2.24) is 14.5 Å². The second-order valence-corrected chi connectivity index (χ2v) is 6.63. The van der Waals surface area contributed by atoms with Crippen LogP contribution in [-0.4, -0.2) is 44.5 Å². The minimum absolute atomic E-state index is 0.102. The topological polar surface area (TPSA) is 75.4 Å². The van der Waals surface area contributed by atoms with E-state index in [1.807, 2.05) is 29.0 Å². The van der Waals surface area contributed by atoms with Gasteiger partial charge < -0.3 is 14.6 Å². The summed E-state index contributed by atoms with van der Waals surface area (Å²) in [4.78, 5) is 29.9. The fourth-order valence-electron chi connectivity index (χ4n) is 3.16. The van der Waals surface area contributed by atoms with Crippen LogP contribution in [0.1, 0.15) is 35.7 Å². The Kier molecular flexibility index (Phi) is 4.38. The predicted molar refractivity (Wildman–Crippen MR) is 88.7 cm³/mol. The molecule has 1 saturated heterocycles. The van der Waals surface area contributed by atoms with Crippen molar-refractivity contribution in [2.75, 3.05) is 13.1 Å². The minimum Gasteiger partial charge on any atom is -0.481 e. The van der Waals surface area contributed by atoms with Crippen LogP contribution in [0.25, 0.3) is 0 Å². The van der Waals surface area contributed by atoms with Gasteiger partial charge in [0.2, 0.25) is 0 Å². The number of aliphatic carboxylic acids is 1. The highest BCUT2D eigenvalue weighted by Crippen LogP contribution is 2.30. The van der Waals surface area contributed by atoms with Crippen LogP contribution < -0.4 is 0 Å². The number of rotatable bonds is 4. The number of carbonyl (C=O) groups excluding carboxylic acids is 1. The molecule has 1 aromatic carbocycles. The molecule has 0 aliphatic carbocycles. The molecule has 0 saturated carbocycles. The molecule has 1 N–H and O–H groups in total. The lowest BCUT2D eigenvalue weighted by Gasteiger charge is -2.37. The van der Waals surface area contributed by atoms with Crippen LogP contribution >= 0.6 is 0 Å². The van der Waals surface area contributed by atoms with Crippen molar-refractivity contribution in [2.45, 2.75) is 26.3 Å². The first-order chi connectivity index (χ1) is 11.5. The maximum absolute atomic E-state index is 12.8. The van der Waals surface area contributed by atoms with Gasteiger partial charge in [-0.2, -0.15) is 0 Å². The third kappa shape index (κ3) is 3.32. The van der Waals surface area contributed by atoms with Crippen molar-refractivity contribution in [2.24, 2.45) is 5.41 Å². The maximum Gasteiger partial charge on any atom is 0.311 e. The summed E-state index contributed by atoms with van der Waals surface area (Å²) in [5.41, 5.74) is 0.751. The first kappa shape index (κ1) is 16.2. The molecule has 1 atom stereocenters. The number of imidazole rings is 1. The second-order valence-electron chi connectivity index (χ2n) is 6.63. The van der Waals surface area contributed by atoms with Crippen LogP contribution in [0.2, 0.25) is 0 Å². The van der Waals surface area contributed by atoms with Crippen LogP contribution in [-0.2, 0) is 11.3 Å². The minimum atomic E-state index is -0.859. The Morgan fingerprint density at radius 2 is 2.21 bits per heavy atom. The quantitative estimate of drug-likeness (QED) is 0.934. The van der Waals surface area contributed by atoms with Gasteiger partial charge in [-0.1, -0.05) is 12.1 Å². The molecule has 24 heavy (non-hydrogen) atoms. The highest BCUT2D eigenvalue weighted by atomic mass is 16.4. The number of carbonyl (C=O) groups is 2. The summed E-state index contributed by atoms with van der Waals surface area (Å²) in [6, 6.07) is 7.48. The molecule has 1 amide bonds. The molecule has 0 bridgehead atoms. The summed E-state index contributed by atoms with van der Waals surface area (Å²) in [7, 11) is 0. The number of aromatic nitrogens is 2. The SMILES string of the molecule is CC1(C(=O)O)CCCN(C(=O)c2cccc(Cn3ccnc3)c2)C1. The largest absolute Gasteiger partial charge is 0.481 e. The van der Waals surface area contributed by atoms with Crippen LogP contribution in [0.15, 0.2) is 43.0 Å². The summed E-state index contributed by atoms with van der Waals surface area (Å²) in [6.07, 6.45) is 6.64. The molecule has 126 valence electrons. The Hall–Kier alpha value is -2.63. The third-order valence-corrected chi connectivity index (χ3v) is 4.60. The molecule has 6 nitrogen and oxygen atoms in total. The fourth-order valence-corrected chi connectivity index (χ4v) is 3.16. The Balaban J connectivity index is 1.76. The summed E-state index contributed by atoms with van der Waals surface area (Å²) < 4.78 is 1.94. The first-order valence-corrected chi connectivity index (χ1v) is 8.05. The van der Waals surface area contributed by atoms with E-state index < -0.39 is 11.4 Å². The van der Waals surface area contributed by atoms with Gasteiger partial charge in [-0.25, -0.2) is 4.98 Å². The van der Waals surface area contributed by atoms with Gasteiger partial charge in [0.05, 0.1) is 11.7 Å². The maximum atomic E-state index is 12.8. The van der Waals surface area contributed by atoms with Crippen molar-refractivity contribution < 1.29 is 14.7 Å². The van der Waals surface area contributed by atoms with Gasteiger partial charge in [0, 0.05) is 37.6 Å². The Bertz CT molecular complexity index is 742. The van der Waals surface area contributed by atoms with Gasteiger partial charge in [-0.15, -0.1) is 0 Å². The standard InChI is InChI=1S/C18H21N3O3/c1-18(17(23)24)6-3-8-21(12-18)16(22)15-5-2-4-14(10-15)11-20-9-7-19-13-20/h2,4-5,7,9-10,13H,3,6,8,11-12H2,1H3,(H,23,24). The normalized spacial score (nSPS) is 20.8. The number of amides is 1. The van der Waals surface area contributed by atoms with Crippen LogP contribution in [0.5, 0.6) is 0 Å². The average Bonchev–Trinajstić information content (AvgIpc) is 3.07. The molecule has 2 heterocycles. The van der Waals surface area contributed by atoms with E-state index in [1.165, 1.54) is 0 Å². The predicted octanol–water partition coefficient (Wildman–Crippen LogP) is 2.26. The fraction of sp³-hybridized carbons (Fsp3) is 0.389. The summed E-state index contributed by atoms with van der Waals surface area (Å²) in [5, 5.41) is 9.41. The number of carboxylic acids is 1. The molecule has 2 aromatic rings. The number of carboxylic acid groups (broad SMARTS) is 1. The molecular formula is C18H21N3O3. The zero-order valence-electron chi connectivity index (χ0n) is 13.7. The lowest BCUT2D eigenvalue weighted by molar-refractivity contribution is -0.150. The molecule has 6 heteroatoms. The molecule has 1 fully saturated rings. The van der Waals surface area contributed by atoms with Crippen molar-refractivity contribution >= 4 is 11.9 Å². The molecule has 0 spiro atoms. The Morgan fingerprint density at radius 1 is 1.38 bits per heavy atom. The molecule has 3 rings (SSSR count). The number of hydrogen-bond donors (Lipinski definition) is 1.